The van der Waals surface area contributed by atoms with Gasteiger partial charge >= 0.3 is 0 Å². The molecule has 0 N–H and O–H groups in total. The second-order valence-corrected chi connectivity index (χ2v) is 3.57. The van der Waals surface area contributed by atoms with Crippen molar-refractivity contribution in [2.75, 3.05) is 0 Å². The van der Waals surface area contributed by atoms with Crippen LogP contribution in [0.2, 0.25) is 0 Å². The van der Waals surface area contributed by atoms with E-state index in [1.165, 1.54) is 0 Å². The summed E-state index contributed by atoms with van der Waals surface area (Å²) in [6.07, 6.45) is 2.86. The van der Waals surface area contributed by atoms with Crippen LogP contribution >= 0.6 is 11.8 Å². The Bertz CT molecular complexity index is 143. The molecule has 1 nitrogen and oxygen atoms in total. The van der Waals surface area contributed by atoms with Gasteiger partial charge in [0.2, 0.25) is 0 Å². The van der Waals surface area contributed by atoms with Crippen molar-refractivity contribution in [1.82, 2.24) is 0 Å². The molecule has 0 amide bonds. The molecule has 0 radical (unpaired) electrons. The molecule has 0 aromatic rings. The van der Waals surface area contributed by atoms with Crippen LogP contribution in [-0.4, -0.2) is 11.4 Å². The molecule has 1 saturated carbocycles. The van der Waals surface area contributed by atoms with Gasteiger partial charge in [0.05, 0.1) is 5.25 Å². The zero-order valence-electron chi connectivity index (χ0n) is 5.72. The van der Waals surface area contributed by atoms with Crippen molar-refractivity contribution in [2.24, 2.45) is 0 Å². The molecular formula is C7H10FNS. The summed E-state index contributed by atoms with van der Waals surface area (Å²) in [7, 11) is 0. The van der Waals surface area contributed by atoms with Gasteiger partial charge in [0.15, 0.2) is 0 Å². The summed E-state index contributed by atoms with van der Waals surface area (Å²) >= 11 is 1.09. The summed E-state index contributed by atoms with van der Waals surface area (Å²) in [6.45, 7) is 0. The van der Waals surface area contributed by atoms with E-state index in [4.69, 9.17) is 5.26 Å². The Hall–Kier alpha value is -0.230. The zero-order valence-corrected chi connectivity index (χ0v) is 6.53. The predicted molar refractivity (Wildman–Crippen MR) is 40.4 cm³/mol. The number of halogens is 1. The standard InChI is InChI=1S/C7H10FNS/c8-6-3-1-2-4-7(6)10-5-9/h6-7H,1-4H2/t6-,7+/m0/s1. The first-order chi connectivity index (χ1) is 4.84. The number of hydrogen-bond donors (Lipinski definition) is 0. The highest BCUT2D eigenvalue weighted by molar-refractivity contribution is 8.04. The third-order valence-corrected chi connectivity index (χ3v) is 2.77. The molecule has 0 spiro atoms. The van der Waals surface area contributed by atoms with Gasteiger partial charge in [-0.2, -0.15) is 5.26 Å². The second-order valence-electron chi connectivity index (χ2n) is 2.55. The van der Waals surface area contributed by atoms with Crippen LogP contribution in [0.3, 0.4) is 0 Å². The summed E-state index contributed by atoms with van der Waals surface area (Å²) in [5.74, 6) is 0. The molecule has 1 aliphatic rings. The number of rotatable bonds is 1. The van der Waals surface area contributed by atoms with Gasteiger partial charge in [-0.15, -0.1) is 0 Å². The number of nitriles is 1. The highest BCUT2D eigenvalue weighted by atomic mass is 32.2. The van der Waals surface area contributed by atoms with Crippen molar-refractivity contribution in [2.45, 2.75) is 37.1 Å². The maximum atomic E-state index is 12.9. The van der Waals surface area contributed by atoms with E-state index in [0.717, 1.165) is 31.0 Å². The molecular weight excluding hydrogens is 149 g/mol. The number of hydrogen-bond acceptors (Lipinski definition) is 2. The lowest BCUT2D eigenvalue weighted by atomic mass is 9.98. The van der Waals surface area contributed by atoms with Crippen LogP contribution in [0.5, 0.6) is 0 Å². The van der Waals surface area contributed by atoms with Gasteiger partial charge in [0, 0.05) is 0 Å². The van der Waals surface area contributed by atoms with Gasteiger partial charge in [0.25, 0.3) is 0 Å². The highest BCUT2D eigenvalue weighted by Crippen LogP contribution is 2.29. The molecule has 0 unspecified atom stereocenters. The fraction of sp³-hybridized carbons (Fsp3) is 0.857. The van der Waals surface area contributed by atoms with E-state index in [1.807, 2.05) is 5.40 Å². The average Bonchev–Trinajstić information content (AvgIpc) is 1.94. The topological polar surface area (TPSA) is 23.8 Å². The lowest BCUT2D eigenvalue weighted by molar-refractivity contribution is 0.260. The lowest BCUT2D eigenvalue weighted by Gasteiger charge is -2.22. The van der Waals surface area contributed by atoms with Crippen molar-refractivity contribution < 1.29 is 4.39 Å². The molecule has 2 atom stereocenters. The third kappa shape index (κ3) is 1.88. The first-order valence-electron chi connectivity index (χ1n) is 3.53. The normalized spacial score (nSPS) is 33.2. The van der Waals surface area contributed by atoms with E-state index in [-0.39, 0.29) is 5.25 Å². The van der Waals surface area contributed by atoms with E-state index in [9.17, 15) is 4.39 Å². The fourth-order valence-corrected chi connectivity index (χ4v) is 1.96. The van der Waals surface area contributed by atoms with Crippen LogP contribution < -0.4 is 0 Å². The molecule has 10 heavy (non-hydrogen) atoms. The molecule has 0 bridgehead atoms. The molecule has 1 rings (SSSR count). The minimum absolute atomic E-state index is 0.0428. The van der Waals surface area contributed by atoms with E-state index in [1.54, 1.807) is 0 Å². The lowest BCUT2D eigenvalue weighted by Crippen LogP contribution is -2.22. The molecule has 3 heteroatoms. The molecule has 0 aromatic carbocycles. The van der Waals surface area contributed by atoms with Crippen LogP contribution in [0.1, 0.15) is 25.7 Å². The number of thiocyanates is 1. The number of thioether (sulfide) groups is 1. The summed E-state index contributed by atoms with van der Waals surface area (Å²) in [5, 5.41) is 10.2. The van der Waals surface area contributed by atoms with Crippen molar-refractivity contribution in [3.05, 3.63) is 0 Å². The van der Waals surface area contributed by atoms with E-state index in [0.29, 0.717) is 6.42 Å². The van der Waals surface area contributed by atoms with E-state index >= 15 is 0 Å². The maximum Gasteiger partial charge on any atom is 0.133 e. The third-order valence-electron chi connectivity index (χ3n) is 1.83. The summed E-state index contributed by atoms with van der Waals surface area (Å²) in [5.41, 5.74) is 0. The van der Waals surface area contributed by atoms with Gasteiger partial charge in [0.1, 0.15) is 11.6 Å². The molecule has 0 saturated heterocycles. The van der Waals surface area contributed by atoms with Crippen molar-refractivity contribution in [1.29, 1.82) is 5.26 Å². The Morgan fingerprint density at radius 3 is 2.70 bits per heavy atom. The minimum atomic E-state index is -0.738. The van der Waals surface area contributed by atoms with Gasteiger partial charge < -0.3 is 0 Å². The second kappa shape index (κ2) is 3.82. The van der Waals surface area contributed by atoms with Gasteiger partial charge in [-0.3, -0.25) is 0 Å². The molecule has 1 aliphatic carbocycles. The predicted octanol–water partition coefficient (Wildman–Crippen LogP) is 2.48. The molecule has 1 fully saturated rings. The quantitative estimate of drug-likeness (QED) is 0.549. The van der Waals surface area contributed by atoms with Crippen LogP contribution in [0.4, 0.5) is 4.39 Å². The Morgan fingerprint density at radius 2 is 2.10 bits per heavy atom. The molecule has 0 aliphatic heterocycles. The first kappa shape index (κ1) is 7.87. The Kier molecular flexibility index (Phi) is 3.01. The minimum Gasteiger partial charge on any atom is -0.246 e. The molecule has 0 heterocycles. The monoisotopic (exact) mass is 159 g/mol. The van der Waals surface area contributed by atoms with Crippen molar-refractivity contribution in [3.63, 3.8) is 0 Å². The Morgan fingerprint density at radius 1 is 1.40 bits per heavy atom. The smallest absolute Gasteiger partial charge is 0.133 e. The molecule has 56 valence electrons. The SMILES string of the molecule is N#CS[C@@H]1CCCC[C@@H]1F. The van der Waals surface area contributed by atoms with Gasteiger partial charge in [-0.05, 0) is 24.6 Å². The van der Waals surface area contributed by atoms with Gasteiger partial charge in [-0.1, -0.05) is 12.8 Å². The van der Waals surface area contributed by atoms with E-state index < -0.39 is 6.17 Å². The van der Waals surface area contributed by atoms with Crippen LogP contribution in [0, 0.1) is 10.7 Å². The van der Waals surface area contributed by atoms with Crippen molar-refractivity contribution in [3.8, 4) is 5.40 Å². The maximum absolute atomic E-state index is 12.9. The largest absolute Gasteiger partial charge is 0.246 e. The average molecular weight is 159 g/mol. The Balaban J connectivity index is 2.34. The van der Waals surface area contributed by atoms with Crippen LogP contribution in [-0.2, 0) is 0 Å². The highest BCUT2D eigenvalue weighted by Gasteiger charge is 2.24. The van der Waals surface area contributed by atoms with E-state index in [2.05, 4.69) is 0 Å². The number of alkyl halides is 1. The number of nitrogens with zero attached hydrogens (tertiary/aromatic N) is 1. The van der Waals surface area contributed by atoms with Gasteiger partial charge in [-0.25, -0.2) is 4.39 Å². The summed E-state index contributed by atoms with van der Waals surface area (Å²) in [4.78, 5) is 0. The summed E-state index contributed by atoms with van der Waals surface area (Å²) < 4.78 is 12.9. The first-order valence-corrected chi connectivity index (χ1v) is 4.41. The van der Waals surface area contributed by atoms with Crippen LogP contribution in [0.25, 0.3) is 0 Å². The van der Waals surface area contributed by atoms with Crippen molar-refractivity contribution >= 4 is 11.8 Å². The molecule has 0 aromatic heterocycles. The zero-order chi connectivity index (χ0) is 7.40. The van der Waals surface area contributed by atoms with Crippen LogP contribution in [0.15, 0.2) is 0 Å². The Labute approximate surface area is 64.6 Å². The summed E-state index contributed by atoms with van der Waals surface area (Å²) in [6, 6.07) is 0. The fourth-order valence-electron chi connectivity index (χ4n) is 1.25.